The van der Waals surface area contributed by atoms with Gasteiger partial charge in [-0.3, -0.25) is 0 Å². The van der Waals surface area contributed by atoms with Gasteiger partial charge in [0.15, 0.2) is 0 Å². The van der Waals surface area contributed by atoms with E-state index in [-0.39, 0.29) is 70.7 Å². The number of hydrogen-bond donors (Lipinski definition) is 1. The van der Waals surface area contributed by atoms with Crippen molar-refractivity contribution in [2.24, 2.45) is 0 Å². The molecule has 0 unspecified atom stereocenters. The van der Waals surface area contributed by atoms with Gasteiger partial charge in [0, 0.05) is 21.1 Å². The minimum atomic E-state index is 0. The quantitative estimate of drug-likeness (QED) is 0.680. The molecule has 1 N–H and O–H groups in total. The van der Waals surface area contributed by atoms with Crippen molar-refractivity contribution in [1.82, 2.24) is 0 Å². The molecule has 12 heavy (non-hydrogen) atoms. The fourth-order valence-electron chi connectivity index (χ4n) is 0.428. The number of rotatable bonds is 0. The maximum atomic E-state index is 8.63. The molecule has 0 fully saturated rings. The summed E-state index contributed by atoms with van der Waals surface area (Å²) in [6.45, 7) is 0. The Morgan fingerprint density at radius 2 is 1.08 bits per heavy atom. The van der Waals surface area contributed by atoms with Crippen LogP contribution >= 0.6 is 49.6 Å². The molecule has 0 spiro atoms. The van der Waals surface area contributed by atoms with E-state index in [1.54, 1.807) is 24.3 Å². The van der Waals surface area contributed by atoms with Crippen molar-refractivity contribution in [3.05, 3.63) is 30.3 Å². The summed E-state index contributed by atoms with van der Waals surface area (Å²) in [6.07, 6.45) is 0. The maximum Gasteiger partial charge on any atom is 0.115 e. The van der Waals surface area contributed by atoms with Crippen molar-refractivity contribution in [3.63, 3.8) is 0 Å². The van der Waals surface area contributed by atoms with Crippen molar-refractivity contribution in [2.75, 3.05) is 0 Å². The minimum absolute atomic E-state index is 0. The maximum absolute atomic E-state index is 8.63. The van der Waals surface area contributed by atoms with Gasteiger partial charge in [-0.2, -0.15) is 0 Å². The summed E-state index contributed by atoms with van der Waals surface area (Å²) in [5, 5.41) is 8.63. The van der Waals surface area contributed by atoms with Gasteiger partial charge in [0.25, 0.3) is 0 Å². The molecular formula is C6H10Cl4OW. The first-order valence-corrected chi connectivity index (χ1v) is 2.13. The van der Waals surface area contributed by atoms with Crippen LogP contribution in [0.15, 0.2) is 30.3 Å². The van der Waals surface area contributed by atoms with E-state index in [2.05, 4.69) is 0 Å². The number of phenols is 1. The molecule has 0 heterocycles. The largest absolute Gasteiger partial charge is 0.508 e. The molecule has 0 amide bonds. The summed E-state index contributed by atoms with van der Waals surface area (Å²) < 4.78 is 0. The summed E-state index contributed by atoms with van der Waals surface area (Å²) in [5.74, 6) is 0.322. The van der Waals surface area contributed by atoms with E-state index in [0.29, 0.717) is 5.75 Å². The molecule has 74 valence electrons. The Balaban J connectivity index is -0.0000000327. The molecule has 0 aliphatic carbocycles. The third-order valence-electron chi connectivity index (χ3n) is 0.756. The van der Waals surface area contributed by atoms with E-state index >= 15 is 0 Å². The zero-order chi connectivity index (χ0) is 5.11. The SMILES string of the molecule is Cl.Cl.Cl.Cl.Oc1ccccc1.[W]. The van der Waals surface area contributed by atoms with E-state index in [9.17, 15) is 0 Å². The first-order valence-electron chi connectivity index (χ1n) is 2.13. The normalized spacial score (nSPS) is 5.00. The van der Waals surface area contributed by atoms with Gasteiger partial charge in [-0.15, -0.1) is 49.6 Å². The average Bonchev–Trinajstić information content (AvgIpc) is 1.69. The predicted molar refractivity (Wildman–Crippen MR) is 57.1 cm³/mol. The number of benzene rings is 1. The van der Waals surface area contributed by atoms with Crippen LogP contribution in [-0.2, 0) is 21.1 Å². The molecular weight excluding hydrogens is 414 g/mol. The van der Waals surface area contributed by atoms with Crippen LogP contribution in [0.4, 0.5) is 0 Å². The van der Waals surface area contributed by atoms with Crippen molar-refractivity contribution >= 4 is 49.6 Å². The van der Waals surface area contributed by atoms with Crippen molar-refractivity contribution < 1.29 is 26.2 Å². The van der Waals surface area contributed by atoms with E-state index in [0.717, 1.165) is 0 Å². The Bertz CT molecular complexity index is 149. The number of para-hydroxylation sites is 1. The van der Waals surface area contributed by atoms with E-state index in [4.69, 9.17) is 5.11 Å². The molecule has 0 saturated carbocycles. The first-order chi connectivity index (χ1) is 3.39. The molecule has 1 aromatic rings. The standard InChI is InChI=1S/C6H6O.4ClH.W/c7-6-4-2-1-3-5-6;;;;;/h1-5,7H;4*1H;. The molecule has 1 aromatic carbocycles. The van der Waals surface area contributed by atoms with Gasteiger partial charge in [-0.25, -0.2) is 0 Å². The number of halogens is 4. The average molecular weight is 424 g/mol. The van der Waals surface area contributed by atoms with Crippen molar-refractivity contribution in [3.8, 4) is 5.75 Å². The van der Waals surface area contributed by atoms with Crippen molar-refractivity contribution in [2.45, 2.75) is 0 Å². The topological polar surface area (TPSA) is 20.2 Å². The van der Waals surface area contributed by atoms with Crippen LogP contribution in [0.1, 0.15) is 0 Å². The fraction of sp³-hybridized carbons (Fsp3) is 0. The molecule has 0 aliphatic rings. The molecule has 0 radical (unpaired) electrons. The molecule has 0 aromatic heterocycles. The van der Waals surface area contributed by atoms with E-state index in [1.807, 2.05) is 6.07 Å². The van der Waals surface area contributed by atoms with Gasteiger partial charge in [0.05, 0.1) is 0 Å². The van der Waals surface area contributed by atoms with Crippen molar-refractivity contribution in [1.29, 1.82) is 0 Å². The Morgan fingerprint density at radius 1 is 0.750 bits per heavy atom. The summed E-state index contributed by atoms with van der Waals surface area (Å²) in [7, 11) is 0. The number of aromatic hydroxyl groups is 1. The molecule has 0 atom stereocenters. The van der Waals surface area contributed by atoms with Crippen LogP contribution in [-0.4, -0.2) is 5.11 Å². The summed E-state index contributed by atoms with van der Waals surface area (Å²) in [4.78, 5) is 0. The van der Waals surface area contributed by atoms with Gasteiger partial charge in [-0.1, -0.05) is 18.2 Å². The van der Waals surface area contributed by atoms with Crippen LogP contribution < -0.4 is 0 Å². The van der Waals surface area contributed by atoms with Gasteiger partial charge in [0.1, 0.15) is 5.75 Å². The number of phenolic OH excluding ortho intramolecular Hbond substituents is 1. The molecule has 0 saturated heterocycles. The summed E-state index contributed by atoms with van der Waals surface area (Å²) in [6, 6.07) is 8.71. The molecule has 1 nitrogen and oxygen atoms in total. The Kier molecular flexibility index (Phi) is 43.5. The molecule has 1 rings (SSSR count). The minimum Gasteiger partial charge on any atom is -0.508 e. The van der Waals surface area contributed by atoms with Gasteiger partial charge >= 0.3 is 0 Å². The molecule has 6 heteroatoms. The van der Waals surface area contributed by atoms with E-state index < -0.39 is 0 Å². The second kappa shape index (κ2) is 17.8. The predicted octanol–water partition coefficient (Wildman–Crippen LogP) is 3.08. The van der Waals surface area contributed by atoms with E-state index in [1.165, 1.54) is 0 Å². The fourth-order valence-corrected chi connectivity index (χ4v) is 0.428. The van der Waals surface area contributed by atoms with Gasteiger partial charge < -0.3 is 5.11 Å². The molecule has 0 aliphatic heterocycles. The zero-order valence-corrected chi connectivity index (χ0v) is 12.1. The third-order valence-corrected chi connectivity index (χ3v) is 0.756. The monoisotopic (exact) mass is 422 g/mol. The second-order valence-electron chi connectivity index (χ2n) is 1.34. The smallest absolute Gasteiger partial charge is 0.115 e. The first kappa shape index (κ1) is 29.3. The second-order valence-corrected chi connectivity index (χ2v) is 1.34. The van der Waals surface area contributed by atoms with Gasteiger partial charge in [-0.05, 0) is 12.1 Å². The van der Waals surface area contributed by atoms with Crippen LogP contribution in [0, 0.1) is 0 Å². The molecule has 0 bridgehead atoms. The zero-order valence-electron chi connectivity index (χ0n) is 5.88. The van der Waals surface area contributed by atoms with Crippen LogP contribution in [0.25, 0.3) is 0 Å². The Morgan fingerprint density at radius 3 is 1.25 bits per heavy atom. The third kappa shape index (κ3) is 13.5. The Labute approximate surface area is 111 Å². The van der Waals surface area contributed by atoms with Crippen LogP contribution in [0.3, 0.4) is 0 Å². The number of hydrogen-bond acceptors (Lipinski definition) is 1. The van der Waals surface area contributed by atoms with Crippen LogP contribution in [0.5, 0.6) is 5.75 Å². The van der Waals surface area contributed by atoms with Gasteiger partial charge in [0.2, 0.25) is 0 Å². The van der Waals surface area contributed by atoms with Crippen LogP contribution in [0.2, 0.25) is 0 Å². The Hall–Kier alpha value is 0.868. The summed E-state index contributed by atoms with van der Waals surface area (Å²) >= 11 is 0. The summed E-state index contributed by atoms with van der Waals surface area (Å²) in [5.41, 5.74) is 0.